The molecule has 18 heavy (non-hydrogen) atoms. The minimum absolute atomic E-state index is 0.530. The minimum atomic E-state index is -1.60. The molecule has 0 radical (unpaired) electrons. The Balaban J connectivity index is 2.42. The van der Waals surface area contributed by atoms with Crippen LogP contribution in [0.15, 0.2) is 15.8 Å². The second-order valence-electron chi connectivity index (χ2n) is 3.84. The molecule has 0 saturated carbocycles. The fourth-order valence-corrected chi connectivity index (χ4v) is 1.74. The van der Waals surface area contributed by atoms with E-state index in [1.165, 1.54) is 0 Å². The second kappa shape index (κ2) is 4.59. The van der Waals surface area contributed by atoms with Gasteiger partial charge >= 0.3 is 5.69 Å². The van der Waals surface area contributed by atoms with E-state index in [4.69, 9.17) is 4.74 Å². The first-order valence-corrected chi connectivity index (χ1v) is 5.04. The molecule has 1 aromatic rings. The van der Waals surface area contributed by atoms with Gasteiger partial charge in [0.1, 0.15) is 25.0 Å². The summed E-state index contributed by atoms with van der Waals surface area (Å²) in [6, 6.07) is 0. The highest BCUT2D eigenvalue weighted by atomic mass is 18.2. The van der Waals surface area contributed by atoms with Crippen LogP contribution in [0.2, 0.25) is 0 Å². The van der Waals surface area contributed by atoms with Gasteiger partial charge in [0.15, 0.2) is 6.23 Å². The molecular formula is C9H10F2N2O5. The first-order valence-electron chi connectivity index (χ1n) is 5.04. The van der Waals surface area contributed by atoms with Crippen molar-refractivity contribution in [3.05, 3.63) is 32.9 Å². The molecule has 2 heterocycles. The highest BCUT2D eigenvalue weighted by Crippen LogP contribution is 2.28. The van der Waals surface area contributed by atoms with E-state index >= 15 is 0 Å². The Morgan fingerprint density at radius 1 is 1.39 bits per heavy atom. The molecule has 0 bridgehead atoms. The SMILES string of the molecule is O=c1[nH]c(=O)n([C@@H]2O[C@H](C[18F])[C@@H](O)[C@H]2O)cc1[18F]. The monoisotopic (exact) mass is 262 g/mol. The molecule has 0 amide bonds. The van der Waals surface area contributed by atoms with Crippen LogP contribution in [-0.4, -0.2) is 44.8 Å². The molecular weight excluding hydrogens is 252 g/mol. The smallest absolute Gasteiger partial charge is 0.330 e. The van der Waals surface area contributed by atoms with Gasteiger partial charge in [-0.2, -0.15) is 4.39 Å². The zero-order valence-corrected chi connectivity index (χ0v) is 8.92. The maximum Gasteiger partial charge on any atom is 0.330 e. The molecule has 1 saturated heterocycles. The molecule has 1 fully saturated rings. The number of halogens is 2. The Morgan fingerprint density at radius 3 is 2.61 bits per heavy atom. The number of alkyl halides is 1. The number of nitrogens with one attached hydrogen (secondary N) is 1. The van der Waals surface area contributed by atoms with Crippen LogP contribution in [0, 0.1) is 5.82 Å². The van der Waals surface area contributed by atoms with Crippen molar-refractivity contribution in [1.82, 2.24) is 9.55 Å². The van der Waals surface area contributed by atoms with Gasteiger partial charge in [-0.1, -0.05) is 0 Å². The van der Waals surface area contributed by atoms with Gasteiger partial charge in [-0.3, -0.25) is 14.3 Å². The van der Waals surface area contributed by atoms with Crippen LogP contribution < -0.4 is 11.2 Å². The largest absolute Gasteiger partial charge is 0.387 e. The molecule has 3 N–H and O–H groups in total. The van der Waals surface area contributed by atoms with Gasteiger partial charge in [-0.05, 0) is 0 Å². The van der Waals surface area contributed by atoms with E-state index < -0.39 is 48.3 Å². The summed E-state index contributed by atoms with van der Waals surface area (Å²) in [6.45, 7) is -1.07. The lowest BCUT2D eigenvalue weighted by Crippen LogP contribution is -2.38. The lowest BCUT2D eigenvalue weighted by atomic mass is 10.1. The number of hydrogen-bond donors (Lipinski definition) is 3. The topological polar surface area (TPSA) is 105 Å². The summed E-state index contributed by atoms with van der Waals surface area (Å²) in [5.41, 5.74) is -2.25. The van der Waals surface area contributed by atoms with Crippen molar-refractivity contribution in [3.8, 4) is 0 Å². The van der Waals surface area contributed by atoms with Crippen LogP contribution in [0.5, 0.6) is 0 Å². The number of aromatic amines is 1. The summed E-state index contributed by atoms with van der Waals surface area (Å²) < 4.78 is 30.9. The average molecular weight is 262 g/mol. The Labute approximate surface area is 98.3 Å². The molecule has 0 aliphatic carbocycles. The Bertz CT molecular complexity index is 557. The summed E-state index contributed by atoms with van der Waals surface area (Å²) >= 11 is 0. The zero-order chi connectivity index (χ0) is 13.4. The summed E-state index contributed by atoms with van der Waals surface area (Å²) in [6.07, 6.45) is -5.38. The van der Waals surface area contributed by atoms with Crippen molar-refractivity contribution in [3.63, 3.8) is 0 Å². The van der Waals surface area contributed by atoms with Crippen molar-refractivity contribution in [2.45, 2.75) is 24.5 Å². The minimum Gasteiger partial charge on any atom is -0.387 e. The van der Waals surface area contributed by atoms with Gasteiger partial charge in [-0.15, -0.1) is 0 Å². The van der Waals surface area contributed by atoms with E-state index in [9.17, 15) is 28.6 Å². The summed E-state index contributed by atoms with van der Waals surface area (Å²) in [4.78, 5) is 23.9. The fourth-order valence-electron chi connectivity index (χ4n) is 1.74. The number of H-pyrrole nitrogens is 1. The highest BCUT2D eigenvalue weighted by Gasteiger charge is 2.44. The molecule has 1 aliphatic heterocycles. The second-order valence-corrected chi connectivity index (χ2v) is 3.84. The Hall–Kier alpha value is -1.58. The molecule has 1 aliphatic rings. The van der Waals surface area contributed by atoms with Crippen LogP contribution in [0.25, 0.3) is 0 Å². The van der Waals surface area contributed by atoms with Gasteiger partial charge in [-0.25, -0.2) is 9.18 Å². The van der Waals surface area contributed by atoms with Crippen molar-refractivity contribution in [1.29, 1.82) is 0 Å². The van der Waals surface area contributed by atoms with Crippen LogP contribution >= 0.6 is 0 Å². The first kappa shape index (κ1) is 12.9. The van der Waals surface area contributed by atoms with Crippen molar-refractivity contribution >= 4 is 0 Å². The maximum absolute atomic E-state index is 13.0. The van der Waals surface area contributed by atoms with Crippen molar-refractivity contribution < 1.29 is 23.7 Å². The number of rotatable bonds is 2. The third-order valence-corrected chi connectivity index (χ3v) is 2.69. The van der Waals surface area contributed by atoms with E-state index in [-0.39, 0.29) is 0 Å². The summed E-state index contributed by atoms with van der Waals surface area (Å²) in [5, 5.41) is 19.0. The lowest BCUT2D eigenvalue weighted by Gasteiger charge is -2.16. The molecule has 4 atom stereocenters. The molecule has 0 spiro atoms. The van der Waals surface area contributed by atoms with Crippen LogP contribution in [0.1, 0.15) is 6.23 Å². The van der Waals surface area contributed by atoms with Crippen molar-refractivity contribution in [2.75, 3.05) is 6.67 Å². The van der Waals surface area contributed by atoms with E-state index in [1.54, 1.807) is 4.98 Å². The predicted octanol–water partition coefficient (Wildman–Crippen LogP) is -1.74. The third kappa shape index (κ3) is 1.96. The Morgan fingerprint density at radius 2 is 2.06 bits per heavy atom. The van der Waals surface area contributed by atoms with Gasteiger partial charge in [0.2, 0.25) is 5.82 Å². The Kier molecular flexibility index (Phi) is 3.28. The number of aliphatic hydroxyl groups is 2. The van der Waals surface area contributed by atoms with E-state index in [0.717, 1.165) is 0 Å². The summed E-state index contributed by atoms with van der Waals surface area (Å²) in [7, 11) is 0. The molecule has 2 rings (SSSR count). The first-order chi connectivity index (χ1) is 8.45. The third-order valence-electron chi connectivity index (χ3n) is 2.69. The molecule has 7 nitrogen and oxygen atoms in total. The van der Waals surface area contributed by atoms with Crippen molar-refractivity contribution in [2.24, 2.45) is 0 Å². The average Bonchev–Trinajstić information content (AvgIpc) is 2.61. The number of aliphatic hydroxyl groups excluding tert-OH is 2. The van der Waals surface area contributed by atoms with Crippen LogP contribution in [0.3, 0.4) is 0 Å². The van der Waals surface area contributed by atoms with Gasteiger partial charge in [0.05, 0.1) is 6.20 Å². The number of nitrogens with zero attached hydrogens (tertiary/aromatic N) is 1. The normalized spacial score (nSPS) is 31.8. The van der Waals surface area contributed by atoms with Gasteiger partial charge in [0, 0.05) is 0 Å². The van der Waals surface area contributed by atoms with Crippen LogP contribution in [-0.2, 0) is 4.74 Å². The fraction of sp³-hybridized carbons (Fsp3) is 0.556. The molecule has 1 aromatic heterocycles. The lowest BCUT2D eigenvalue weighted by molar-refractivity contribution is -0.0459. The molecule has 0 aromatic carbocycles. The molecule has 9 heteroatoms. The number of ether oxygens (including phenoxy) is 1. The standard InChI is InChI=1S/C9H10F2N2O5/c10-1-4-5(14)6(15)8(18-4)13-2-3(11)7(16)12-9(13)17/h2,4-6,8,14-15H,1H2,(H,12,16,17)/t4-,5-,6-,8-/m1/s1/i10-1,11-1. The highest BCUT2D eigenvalue weighted by molar-refractivity contribution is 4.94. The van der Waals surface area contributed by atoms with Crippen LogP contribution in [0.4, 0.5) is 8.78 Å². The molecule has 100 valence electrons. The summed E-state index contributed by atoms with van der Waals surface area (Å²) in [5.74, 6) is -1.26. The number of hydrogen-bond acceptors (Lipinski definition) is 5. The van der Waals surface area contributed by atoms with E-state index in [2.05, 4.69) is 0 Å². The van der Waals surface area contributed by atoms with Gasteiger partial charge in [0.25, 0.3) is 5.56 Å². The zero-order valence-electron chi connectivity index (χ0n) is 8.92. The predicted molar refractivity (Wildman–Crippen MR) is 53.2 cm³/mol. The van der Waals surface area contributed by atoms with Gasteiger partial charge < -0.3 is 14.9 Å². The molecule has 0 unspecified atom stereocenters. The number of aromatic nitrogens is 2. The van der Waals surface area contributed by atoms with E-state index in [0.29, 0.717) is 10.8 Å². The quantitative estimate of drug-likeness (QED) is 0.587. The maximum atomic E-state index is 13.0. The van der Waals surface area contributed by atoms with E-state index in [1.807, 2.05) is 0 Å².